The number of carbonyl (C=O) groups excluding carboxylic acids is 3. The molecule has 3 spiro atoms. The number of ketones is 2. The van der Waals surface area contributed by atoms with Crippen LogP contribution in [0, 0.1) is 33.5 Å². The molecule has 0 aromatic carbocycles. The van der Waals surface area contributed by atoms with Crippen LogP contribution in [0.2, 0.25) is 0 Å². The second-order valence-electron chi connectivity index (χ2n) is 10.7. The van der Waals surface area contributed by atoms with Gasteiger partial charge in [0.05, 0.1) is 18.1 Å². The first-order valence-electron chi connectivity index (χ1n) is 9.98. The van der Waals surface area contributed by atoms with E-state index in [-0.39, 0.29) is 11.2 Å². The molecule has 2 aliphatic heterocycles. The molecular weight excluding hydrogens is 332 g/mol. The second kappa shape index (κ2) is 3.69. The highest BCUT2D eigenvalue weighted by atomic mass is 16.6. The van der Waals surface area contributed by atoms with Crippen LogP contribution in [0.5, 0.6) is 0 Å². The van der Waals surface area contributed by atoms with Crippen LogP contribution < -0.4 is 0 Å². The number of hydrogen-bond acceptors (Lipinski definition) is 5. The summed E-state index contributed by atoms with van der Waals surface area (Å²) < 4.78 is 11.8. The van der Waals surface area contributed by atoms with E-state index in [2.05, 4.69) is 13.8 Å². The largest absolute Gasteiger partial charge is 0.469 e. The summed E-state index contributed by atoms with van der Waals surface area (Å²) in [4.78, 5) is 39.9. The zero-order chi connectivity index (χ0) is 18.5. The zero-order valence-electron chi connectivity index (χ0n) is 15.9. The van der Waals surface area contributed by atoms with Crippen molar-refractivity contribution in [2.24, 2.45) is 33.5 Å². The Morgan fingerprint density at radius 3 is 2.38 bits per heavy atom. The average Bonchev–Trinajstić information content (AvgIpc) is 3.03. The van der Waals surface area contributed by atoms with Gasteiger partial charge in [-0.3, -0.25) is 14.4 Å². The first-order valence-corrected chi connectivity index (χ1v) is 9.98. The van der Waals surface area contributed by atoms with Crippen LogP contribution in [0.4, 0.5) is 0 Å². The number of rotatable bonds is 1. The number of carbonyl (C=O) groups is 3. The maximum Gasteiger partial charge on any atom is 0.314 e. The van der Waals surface area contributed by atoms with Crippen LogP contribution in [0.1, 0.15) is 59.3 Å². The topological polar surface area (TPSA) is 69.7 Å². The van der Waals surface area contributed by atoms with E-state index in [1.54, 1.807) is 6.92 Å². The second-order valence-corrected chi connectivity index (χ2v) is 10.7. The van der Waals surface area contributed by atoms with Gasteiger partial charge in [0.1, 0.15) is 5.41 Å². The molecule has 6 bridgehead atoms. The van der Waals surface area contributed by atoms with Crippen molar-refractivity contribution in [3.05, 3.63) is 0 Å². The van der Waals surface area contributed by atoms with Crippen molar-refractivity contribution in [3.8, 4) is 0 Å². The minimum absolute atomic E-state index is 0.219. The minimum atomic E-state index is -1.33. The lowest BCUT2D eigenvalue weighted by molar-refractivity contribution is -0.443. The normalized spacial score (nSPS) is 63.5. The Kier molecular flexibility index (Phi) is 2.24. The third-order valence-corrected chi connectivity index (χ3v) is 10.3. The number of Topliss-reactive ketones (excluding diaryl/α,β-unsaturated/α-hetero) is 2. The maximum atomic E-state index is 13.6. The molecule has 8 fully saturated rings. The predicted molar refractivity (Wildman–Crippen MR) is 90.0 cm³/mol. The summed E-state index contributed by atoms with van der Waals surface area (Å²) in [7, 11) is 1.36. The highest BCUT2D eigenvalue weighted by molar-refractivity contribution is 6.45. The molecule has 5 heteroatoms. The van der Waals surface area contributed by atoms with Gasteiger partial charge in [0, 0.05) is 5.41 Å². The van der Waals surface area contributed by atoms with E-state index in [1.807, 2.05) is 0 Å². The van der Waals surface area contributed by atoms with E-state index in [0.717, 1.165) is 32.1 Å². The van der Waals surface area contributed by atoms with Crippen molar-refractivity contribution in [1.82, 2.24) is 0 Å². The molecule has 0 N–H and O–H groups in total. The number of fused-ring (bicyclic) bond motifs is 1. The molecule has 140 valence electrons. The average molecular weight is 358 g/mol. The standard InChI is InChI=1S/C21H26O5/c1-16-10-19-8-11(16)12(16)9-20(19)18(3)7-5-6-17(2,15(24)25-4)21(18,26-20)14(23)13(19)22/h11-12H,5-10H2,1-4H3/t11-,12?,16?,17+,18+,19+,20-,21+/m1/s1. The Morgan fingerprint density at radius 1 is 1.08 bits per heavy atom. The highest BCUT2D eigenvalue weighted by Crippen LogP contribution is 2.91. The molecule has 0 radical (unpaired) electrons. The fraction of sp³-hybridized carbons (Fsp3) is 0.857. The smallest absolute Gasteiger partial charge is 0.314 e. The van der Waals surface area contributed by atoms with E-state index >= 15 is 0 Å². The fourth-order valence-corrected chi connectivity index (χ4v) is 9.13. The van der Waals surface area contributed by atoms with Gasteiger partial charge in [-0.25, -0.2) is 0 Å². The van der Waals surface area contributed by atoms with E-state index in [9.17, 15) is 14.4 Å². The monoisotopic (exact) mass is 358 g/mol. The van der Waals surface area contributed by atoms with E-state index in [4.69, 9.17) is 9.47 Å². The molecule has 8 aliphatic rings. The lowest BCUT2D eigenvalue weighted by atomic mass is 9.30. The van der Waals surface area contributed by atoms with Crippen molar-refractivity contribution < 1.29 is 23.9 Å². The van der Waals surface area contributed by atoms with E-state index < -0.39 is 39.2 Å². The van der Waals surface area contributed by atoms with Crippen molar-refractivity contribution in [2.45, 2.75) is 70.5 Å². The van der Waals surface area contributed by atoms with Crippen molar-refractivity contribution in [1.29, 1.82) is 0 Å². The van der Waals surface area contributed by atoms with Crippen LogP contribution in [0.15, 0.2) is 0 Å². The van der Waals surface area contributed by atoms with Gasteiger partial charge in [-0.05, 0) is 56.3 Å². The van der Waals surface area contributed by atoms with Crippen LogP contribution in [-0.2, 0) is 23.9 Å². The van der Waals surface area contributed by atoms with Gasteiger partial charge in [0.25, 0.3) is 0 Å². The number of hydrogen-bond donors (Lipinski definition) is 0. The molecule has 6 aliphatic carbocycles. The maximum absolute atomic E-state index is 13.6. The van der Waals surface area contributed by atoms with Gasteiger partial charge < -0.3 is 9.47 Å². The Morgan fingerprint density at radius 2 is 1.77 bits per heavy atom. The molecule has 0 aromatic rings. The fourth-order valence-electron chi connectivity index (χ4n) is 9.13. The van der Waals surface area contributed by atoms with Crippen molar-refractivity contribution in [2.75, 3.05) is 7.11 Å². The Balaban J connectivity index is 1.59. The van der Waals surface area contributed by atoms with Gasteiger partial charge in [-0.1, -0.05) is 20.3 Å². The minimum Gasteiger partial charge on any atom is -0.469 e. The van der Waals surface area contributed by atoms with Gasteiger partial charge in [-0.15, -0.1) is 0 Å². The molecule has 26 heavy (non-hydrogen) atoms. The van der Waals surface area contributed by atoms with Crippen LogP contribution in [0.25, 0.3) is 0 Å². The van der Waals surface area contributed by atoms with Crippen LogP contribution in [-0.4, -0.2) is 35.8 Å². The summed E-state index contributed by atoms with van der Waals surface area (Å²) >= 11 is 0. The quantitative estimate of drug-likeness (QED) is 0.532. The summed E-state index contributed by atoms with van der Waals surface area (Å²) in [5, 5.41) is 0. The van der Waals surface area contributed by atoms with Gasteiger partial charge in [0.2, 0.25) is 11.6 Å². The van der Waals surface area contributed by atoms with Crippen LogP contribution >= 0.6 is 0 Å². The summed E-state index contributed by atoms with van der Waals surface area (Å²) in [5.74, 6) is 0.0594. The van der Waals surface area contributed by atoms with E-state index in [0.29, 0.717) is 18.3 Å². The van der Waals surface area contributed by atoms with Gasteiger partial charge in [-0.2, -0.15) is 0 Å². The molecule has 0 amide bonds. The van der Waals surface area contributed by atoms with Gasteiger partial charge in [0.15, 0.2) is 5.60 Å². The zero-order valence-corrected chi connectivity index (χ0v) is 15.9. The first-order chi connectivity index (χ1) is 12.1. The molecule has 8 rings (SSSR count). The lowest BCUT2D eigenvalue weighted by Gasteiger charge is -2.82. The predicted octanol–water partition coefficient (Wildman–Crippen LogP) is 2.45. The SMILES string of the molecule is COC(=O)[C@]1(C)CCC[C@@]2(C)[C@]34CC5[C@H]6C[C@]3(CC56C)C(=O)C(=O)[C@@]21O4. The summed E-state index contributed by atoms with van der Waals surface area (Å²) in [6.07, 6.45) is 4.70. The first kappa shape index (κ1) is 15.8. The molecular formula is C21H26O5. The lowest BCUT2D eigenvalue weighted by Crippen LogP contribution is -2.94. The third-order valence-electron chi connectivity index (χ3n) is 10.3. The summed E-state index contributed by atoms with van der Waals surface area (Å²) in [5.41, 5.74) is -3.86. The number of methoxy groups -OCH3 is 1. The molecule has 2 saturated heterocycles. The highest BCUT2D eigenvalue weighted by Gasteiger charge is 2.98. The third kappa shape index (κ3) is 1.02. The van der Waals surface area contributed by atoms with E-state index in [1.165, 1.54) is 7.11 Å². The molecule has 2 unspecified atom stereocenters. The van der Waals surface area contributed by atoms with Crippen molar-refractivity contribution in [3.63, 3.8) is 0 Å². The molecule has 5 nitrogen and oxygen atoms in total. The van der Waals surface area contributed by atoms with Gasteiger partial charge >= 0.3 is 5.97 Å². The Labute approximate surface area is 153 Å². The molecule has 8 atom stereocenters. The van der Waals surface area contributed by atoms with Crippen LogP contribution in [0.3, 0.4) is 0 Å². The number of esters is 1. The number of ether oxygens (including phenoxy) is 2. The molecule has 0 aromatic heterocycles. The Bertz CT molecular complexity index is 834. The molecule has 6 saturated carbocycles. The summed E-state index contributed by atoms with van der Waals surface area (Å²) in [6, 6.07) is 0. The molecule has 2 heterocycles. The summed E-state index contributed by atoms with van der Waals surface area (Å²) in [6.45, 7) is 6.19. The van der Waals surface area contributed by atoms with Crippen molar-refractivity contribution >= 4 is 17.5 Å². The Hall–Kier alpha value is -1.23.